The average Bonchev–Trinajstić information content (AvgIpc) is 2.64. The van der Waals surface area contributed by atoms with Crippen LogP contribution in [0.4, 0.5) is 0 Å². The van der Waals surface area contributed by atoms with E-state index in [1.165, 1.54) is 0 Å². The van der Waals surface area contributed by atoms with Crippen molar-refractivity contribution in [2.75, 3.05) is 24.2 Å². The topological polar surface area (TPSA) is 54.5 Å². The van der Waals surface area contributed by atoms with E-state index in [9.17, 15) is 13.2 Å². The van der Waals surface area contributed by atoms with Crippen molar-refractivity contribution >= 4 is 31.7 Å². The van der Waals surface area contributed by atoms with Crippen LogP contribution in [0.15, 0.2) is 30.3 Å². The summed E-state index contributed by atoms with van der Waals surface area (Å²) in [4.78, 5) is 13.8. The van der Waals surface area contributed by atoms with Crippen LogP contribution in [0.3, 0.4) is 0 Å². The summed E-state index contributed by atoms with van der Waals surface area (Å²) in [6.45, 7) is 0.826. The molecule has 1 saturated heterocycles. The molecule has 1 aliphatic heterocycles. The average molecular weight is 374 g/mol. The van der Waals surface area contributed by atoms with Gasteiger partial charge >= 0.3 is 0 Å². The minimum Gasteiger partial charge on any atom is -0.342 e. The summed E-state index contributed by atoms with van der Waals surface area (Å²) in [5, 5.41) is 0.296. The van der Waals surface area contributed by atoms with E-state index >= 15 is 0 Å². The summed E-state index contributed by atoms with van der Waals surface area (Å²) in [6.07, 6.45) is 1.73. The van der Waals surface area contributed by atoms with Crippen molar-refractivity contribution in [3.63, 3.8) is 0 Å². The fraction of sp³-hybridized carbons (Fsp3) is 0.533. The number of hydrogen-bond donors (Lipinski definition) is 0. The molecule has 116 valence electrons. The minimum absolute atomic E-state index is 0.0482. The number of sulfone groups is 1. The zero-order valence-electron chi connectivity index (χ0n) is 11.9. The Morgan fingerprint density at radius 1 is 1.24 bits per heavy atom. The monoisotopic (exact) mass is 373 g/mol. The van der Waals surface area contributed by atoms with E-state index in [1.807, 2.05) is 30.3 Å². The molecule has 1 amide bonds. The van der Waals surface area contributed by atoms with Gasteiger partial charge in [0.25, 0.3) is 0 Å². The summed E-state index contributed by atoms with van der Waals surface area (Å²) in [7, 11) is -3.20. The molecule has 0 bridgehead atoms. The highest BCUT2D eigenvalue weighted by molar-refractivity contribution is 9.09. The van der Waals surface area contributed by atoms with Crippen LogP contribution in [0.25, 0.3) is 0 Å². The summed E-state index contributed by atoms with van der Waals surface area (Å²) in [6, 6.07) is 9.29. The Kier molecular flexibility index (Phi) is 5.81. The van der Waals surface area contributed by atoms with Gasteiger partial charge in [0.2, 0.25) is 5.91 Å². The molecule has 4 nitrogen and oxygen atoms in total. The van der Waals surface area contributed by atoms with E-state index < -0.39 is 15.1 Å². The van der Waals surface area contributed by atoms with Crippen molar-refractivity contribution in [3.05, 3.63) is 35.9 Å². The number of amides is 1. The molecule has 21 heavy (non-hydrogen) atoms. The van der Waals surface area contributed by atoms with Gasteiger partial charge in [0.05, 0.1) is 11.0 Å². The van der Waals surface area contributed by atoms with E-state index in [0.717, 1.165) is 17.3 Å². The first-order valence-electron chi connectivity index (χ1n) is 7.15. The zero-order chi connectivity index (χ0) is 15.3. The van der Waals surface area contributed by atoms with Gasteiger partial charge in [-0.05, 0) is 18.4 Å². The van der Waals surface area contributed by atoms with Gasteiger partial charge in [-0.3, -0.25) is 4.79 Å². The largest absolute Gasteiger partial charge is 0.342 e. The highest BCUT2D eigenvalue weighted by atomic mass is 79.9. The highest BCUT2D eigenvalue weighted by Crippen LogP contribution is 2.29. The smallest absolute Gasteiger partial charge is 0.222 e. The molecule has 2 rings (SSSR count). The van der Waals surface area contributed by atoms with Gasteiger partial charge in [0.15, 0.2) is 9.84 Å². The fourth-order valence-corrected chi connectivity index (χ4v) is 4.69. The lowest BCUT2D eigenvalue weighted by atomic mass is 10.1. The fourth-order valence-electron chi connectivity index (χ4n) is 2.61. The standard InChI is InChI=1S/C15H20BrNO3S/c16-9-4-7-15(18)17-10-8-14(21(19,20)12-11-17)13-5-2-1-3-6-13/h1-3,5-6,14H,4,7-12H2. The molecule has 0 radical (unpaired) electrons. The lowest BCUT2D eigenvalue weighted by Crippen LogP contribution is -2.33. The van der Waals surface area contributed by atoms with E-state index in [4.69, 9.17) is 0 Å². The van der Waals surface area contributed by atoms with Crippen LogP contribution in [0.2, 0.25) is 0 Å². The van der Waals surface area contributed by atoms with Gasteiger partial charge in [0.1, 0.15) is 0 Å². The van der Waals surface area contributed by atoms with Gasteiger partial charge in [-0.1, -0.05) is 46.3 Å². The van der Waals surface area contributed by atoms with Crippen LogP contribution in [-0.2, 0) is 14.6 Å². The Labute approximate surface area is 134 Å². The van der Waals surface area contributed by atoms with Crippen LogP contribution < -0.4 is 0 Å². The molecule has 1 aromatic rings. The molecule has 1 aliphatic rings. The van der Waals surface area contributed by atoms with Crippen LogP contribution in [0, 0.1) is 0 Å². The van der Waals surface area contributed by atoms with E-state index in [2.05, 4.69) is 15.9 Å². The summed E-state index contributed by atoms with van der Waals surface area (Å²) < 4.78 is 24.9. The summed E-state index contributed by atoms with van der Waals surface area (Å²) in [5.74, 6) is 0.102. The third-order valence-electron chi connectivity index (χ3n) is 3.79. The molecule has 1 fully saturated rings. The van der Waals surface area contributed by atoms with E-state index in [1.54, 1.807) is 4.90 Å². The number of alkyl halides is 1. The number of carbonyl (C=O) groups is 1. The maximum absolute atomic E-state index is 12.4. The zero-order valence-corrected chi connectivity index (χ0v) is 14.3. The quantitative estimate of drug-likeness (QED) is 0.762. The van der Waals surface area contributed by atoms with Gasteiger partial charge < -0.3 is 4.90 Å². The van der Waals surface area contributed by atoms with E-state index in [0.29, 0.717) is 25.9 Å². The molecule has 0 saturated carbocycles. The molecule has 0 aliphatic carbocycles. The lowest BCUT2D eigenvalue weighted by molar-refractivity contribution is -0.130. The summed E-state index contributed by atoms with van der Waals surface area (Å²) >= 11 is 3.31. The Bertz CT molecular complexity index is 574. The molecule has 0 N–H and O–H groups in total. The Hall–Kier alpha value is -0.880. The Morgan fingerprint density at radius 2 is 1.95 bits per heavy atom. The van der Waals surface area contributed by atoms with E-state index in [-0.39, 0.29) is 11.7 Å². The number of benzene rings is 1. The van der Waals surface area contributed by atoms with Crippen molar-refractivity contribution < 1.29 is 13.2 Å². The minimum atomic E-state index is -3.20. The molecule has 1 aromatic carbocycles. The SMILES string of the molecule is O=C(CCCBr)N1CCC(c2ccccc2)S(=O)(=O)CC1. The molecule has 1 heterocycles. The molecular formula is C15H20BrNO3S. The van der Waals surface area contributed by atoms with Gasteiger partial charge in [-0.15, -0.1) is 0 Å². The molecule has 0 aromatic heterocycles. The van der Waals surface area contributed by atoms with Crippen molar-refractivity contribution in [2.24, 2.45) is 0 Å². The van der Waals surface area contributed by atoms with Gasteiger partial charge in [-0.25, -0.2) is 8.42 Å². The first kappa shape index (κ1) is 16.5. The maximum atomic E-state index is 12.4. The van der Waals surface area contributed by atoms with Crippen LogP contribution >= 0.6 is 15.9 Å². The molecule has 1 atom stereocenters. The van der Waals surface area contributed by atoms with Gasteiger partial charge in [-0.2, -0.15) is 0 Å². The Morgan fingerprint density at radius 3 is 2.62 bits per heavy atom. The lowest BCUT2D eigenvalue weighted by Gasteiger charge is -2.19. The van der Waals surface area contributed by atoms with Crippen molar-refractivity contribution in [2.45, 2.75) is 24.5 Å². The van der Waals surface area contributed by atoms with Crippen molar-refractivity contribution in [1.29, 1.82) is 0 Å². The summed E-state index contributed by atoms with van der Waals surface area (Å²) in [5.41, 5.74) is 0.826. The predicted molar refractivity (Wildman–Crippen MR) is 87.2 cm³/mol. The number of rotatable bonds is 4. The maximum Gasteiger partial charge on any atom is 0.222 e. The van der Waals surface area contributed by atoms with Crippen LogP contribution in [-0.4, -0.2) is 43.4 Å². The number of halogens is 1. The number of nitrogens with zero attached hydrogens (tertiary/aromatic N) is 1. The molecule has 6 heteroatoms. The number of carbonyl (C=O) groups excluding carboxylic acids is 1. The van der Waals surface area contributed by atoms with Crippen LogP contribution in [0.1, 0.15) is 30.1 Å². The first-order valence-corrected chi connectivity index (χ1v) is 9.98. The third-order valence-corrected chi connectivity index (χ3v) is 6.48. The van der Waals surface area contributed by atoms with Gasteiger partial charge in [0, 0.05) is 24.8 Å². The second kappa shape index (κ2) is 7.40. The Balaban J connectivity index is 2.11. The predicted octanol–water partition coefficient (Wildman–Crippen LogP) is 2.55. The molecule has 0 spiro atoms. The van der Waals surface area contributed by atoms with Crippen LogP contribution in [0.5, 0.6) is 0 Å². The number of hydrogen-bond acceptors (Lipinski definition) is 3. The second-order valence-electron chi connectivity index (χ2n) is 5.23. The highest BCUT2D eigenvalue weighted by Gasteiger charge is 2.32. The van der Waals surface area contributed by atoms with Crippen molar-refractivity contribution in [3.8, 4) is 0 Å². The molecule has 1 unspecified atom stereocenters. The normalized spacial score (nSPS) is 21.8. The molecular weight excluding hydrogens is 354 g/mol. The first-order chi connectivity index (χ1) is 10.0. The second-order valence-corrected chi connectivity index (χ2v) is 8.32. The third kappa shape index (κ3) is 4.30. The van der Waals surface area contributed by atoms with Crippen molar-refractivity contribution in [1.82, 2.24) is 4.90 Å².